The number of ether oxygens (including phenoxy) is 2. The molecule has 2 atom stereocenters. The van der Waals surface area contributed by atoms with Gasteiger partial charge in [0.25, 0.3) is 5.91 Å². The second-order valence-electron chi connectivity index (χ2n) is 6.46. The number of carbonyl (C=O) groups excluding carboxylic acids is 1. The maximum atomic E-state index is 12.7. The molecule has 0 N–H and O–H groups in total. The fourth-order valence-electron chi connectivity index (χ4n) is 3.74. The van der Waals surface area contributed by atoms with Crippen LogP contribution < -0.4 is 0 Å². The van der Waals surface area contributed by atoms with E-state index in [1.807, 2.05) is 24.0 Å². The van der Waals surface area contributed by atoms with Gasteiger partial charge in [-0.3, -0.25) is 9.78 Å². The molecule has 2 aliphatic heterocycles. The van der Waals surface area contributed by atoms with Crippen molar-refractivity contribution in [2.45, 2.75) is 32.3 Å². The van der Waals surface area contributed by atoms with E-state index in [2.05, 4.69) is 4.98 Å². The molecule has 2 fully saturated rings. The zero-order valence-corrected chi connectivity index (χ0v) is 13.4. The Bertz CT molecular complexity index is 527. The number of likely N-dealkylation sites (tertiary alicyclic amines) is 1. The molecule has 0 radical (unpaired) electrons. The van der Waals surface area contributed by atoms with Gasteiger partial charge >= 0.3 is 0 Å². The van der Waals surface area contributed by atoms with Crippen molar-refractivity contribution in [1.29, 1.82) is 0 Å². The standard InChI is InChI=1S/C17H24N2O3/c1-13-4-5-14(10-18-13)16(20)19-8-6-15-17(11-19,12-21-2)7-3-9-22-15/h4-5,10,15H,3,6-9,11-12H2,1-2H3/t15-,17+/m0/s1. The van der Waals surface area contributed by atoms with E-state index in [0.717, 1.165) is 38.1 Å². The summed E-state index contributed by atoms with van der Waals surface area (Å²) in [5, 5.41) is 0. The first-order chi connectivity index (χ1) is 10.6. The van der Waals surface area contributed by atoms with E-state index in [4.69, 9.17) is 9.47 Å². The highest BCUT2D eigenvalue weighted by Gasteiger charge is 2.47. The molecule has 0 aliphatic carbocycles. The SMILES string of the molecule is COC[C@]12CCCO[C@H]1CCN(C(=O)c1ccc(C)nc1)C2. The topological polar surface area (TPSA) is 51.7 Å². The summed E-state index contributed by atoms with van der Waals surface area (Å²) >= 11 is 0. The molecule has 0 unspecified atom stereocenters. The molecule has 1 aromatic rings. The van der Waals surface area contributed by atoms with Crippen molar-refractivity contribution in [2.24, 2.45) is 5.41 Å². The number of methoxy groups -OCH3 is 1. The van der Waals surface area contributed by atoms with E-state index in [9.17, 15) is 4.79 Å². The molecule has 3 rings (SSSR count). The molecule has 0 bridgehead atoms. The summed E-state index contributed by atoms with van der Waals surface area (Å²) in [6.45, 7) is 4.84. The monoisotopic (exact) mass is 304 g/mol. The van der Waals surface area contributed by atoms with Crippen LogP contribution in [0.5, 0.6) is 0 Å². The molecule has 3 heterocycles. The Morgan fingerprint density at radius 1 is 1.55 bits per heavy atom. The summed E-state index contributed by atoms with van der Waals surface area (Å²) in [5.74, 6) is 0.0620. The van der Waals surface area contributed by atoms with Gasteiger partial charge in [0, 0.05) is 44.1 Å². The smallest absolute Gasteiger partial charge is 0.255 e. The van der Waals surface area contributed by atoms with E-state index >= 15 is 0 Å². The number of fused-ring (bicyclic) bond motifs is 1. The second-order valence-corrected chi connectivity index (χ2v) is 6.46. The van der Waals surface area contributed by atoms with Crippen LogP contribution in [0.4, 0.5) is 0 Å². The first-order valence-electron chi connectivity index (χ1n) is 7.97. The van der Waals surface area contributed by atoms with Crippen LogP contribution in [-0.2, 0) is 9.47 Å². The minimum atomic E-state index is -0.0565. The summed E-state index contributed by atoms with van der Waals surface area (Å²) in [7, 11) is 1.73. The van der Waals surface area contributed by atoms with Crippen molar-refractivity contribution in [3.05, 3.63) is 29.6 Å². The van der Waals surface area contributed by atoms with Crippen molar-refractivity contribution >= 4 is 5.91 Å². The number of pyridine rings is 1. The Labute approximate surface area is 131 Å². The predicted molar refractivity (Wildman–Crippen MR) is 82.8 cm³/mol. The Hall–Kier alpha value is -1.46. The van der Waals surface area contributed by atoms with E-state index in [1.54, 1.807) is 13.3 Å². The number of aryl methyl sites for hydroxylation is 1. The summed E-state index contributed by atoms with van der Waals surface area (Å²) in [6, 6.07) is 3.74. The Morgan fingerprint density at radius 2 is 2.41 bits per heavy atom. The van der Waals surface area contributed by atoms with E-state index in [-0.39, 0.29) is 17.4 Å². The molecule has 2 aliphatic rings. The molecular formula is C17H24N2O3. The predicted octanol–water partition coefficient (Wildman–Crippen LogP) is 2.05. The largest absolute Gasteiger partial charge is 0.384 e. The fraction of sp³-hybridized carbons (Fsp3) is 0.647. The number of nitrogens with zero attached hydrogens (tertiary/aromatic N) is 2. The Kier molecular flexibility index (Phi) is 4.45. The van der Waals surface area contributed by atoms with Gasteiger partial charge in [-0.15, -0.1) is 0 Å². The first kappa shape index (κ1) is 15.4. The average Bonchev–Trinajstić information content (AvgIpc) is 2.54. The molecule has 5 nitrogen and oxygen atoms in total. The lowest BCUT2D eigenvalue weighted by Gasteiger charge is -2.50. The highest BCUT2D eigenvalue weighted by Crippen LogP contribution is 2.40. The van der Waals surface area contributed by atoms with Crippen molar-refractivity contribution in [3.63, 3.8) is 0 Å². The number of hydrogen-bond acceptors (Lipinski definition) is 4. The zero-order valence-electron chi connectivity index (χ0n) is 13.4. The minimum absolute atomic E-state index is 0.0565. The maximum Gasteiger partial charge on any atom is 0.255 e. The van der Waals surface area contributed by atoms with E-state index in [0.29, 0.717) is 18.7 Å². The van der Waals surface area contributed by atoms with Crippen LogP contribution in [0, 0.1) is 12.3 Å². The van der Waals surface area contributed by atoms with Crippen molar-refractivity contribution in [2.75, 3.05) is 33.4 Å². The van der Waals surface area contributed by atoms with Gasteiger partial charge in [-0.1, -0.05) is 0 Å². The quantitative estimate of drug-likeness (QED) is 0.857. The molecule has 0 saturated carbocycles. The normalized spacial score (nSPS) is 28.3. The fourth-order valence-corrected chi connectivity index (χ4v) is 3.74. The number of hydrogen-bond donors (Lipinski definition) is 0. The Balaban J connectivity index is 1.78. The van der Waals surface area contributed by atoms with Crippen LogP contribution in [0.25, 0.3) is 0 Å². The summed E-state index contributed by atoms with van der Waals surface area (Å²) in [6.07, 6.45) is 4.86. The molecule has 0 spiro atoms. The molecule has 120 valence electrons. The number of aromatic nitrogens is 1. The summed E-state index contributed by atoms with van der Waals surface area (Å²) < 4.78 is 11.4. The zero-order chi connectivity index (χ0) is 15.6. The number of rotatable bonds is 3. The number of piperidine rings is 1. The molecule has 1 amide bonds. The van der Waals surface area contributed by atoms with Gasteiger partial charge in [0.1, 0.15) is 0 Å². The van der Waals surface area contributed by atoms with Crippen LogP contribution >= 0.6 is 0 Å². The van der Waals surface area contributed by atoms with Crippen molar-refractivity contribution in [1.82, 2.24) is 9.88 Å². The lowest BCUT2D eigenvalue weighted by molar-refractivity contribution is -0.142. The van der Waals surface area contributed by atoms with Gasteiger partial charge in [0.05, 0.1) is 18.3 Å². The molecule has 22 heavy (non-hydrogen) atoms. The van der Waals surface area contributed by atoms with Gasteiger partial charge in [-0.25, -0.2) is 0 Å². The van der Waals surface area contributed by atoms with Crippen LogP contribution in [0.2, 0.25) is 0 Å². The van der Waals surface area contributed by atoms with Gasteiger partial charge in [-0.05, 0) is 38.3 Å². The molecule has 2 saturated heterocycles. The van der Waals surface area contributed by atoms with Crippen molar-refractivity contribution < 1.29 is 14.3 Å². The third kappa shape index (κ3) is 2.88. The highest BCUT2D eigenvalue weighted by atomic mass is 16.5. The third-order valence-corrected chi connectivity index (χ3v) is 4.87. The van der Waals surface area contributed by atoms with Crippen LogP contribution in [0.1, 0.15) is 35.3 Å². The molecular weight excluding hydrogens is 280 g/mol. The van der Waals surface area contributed by atoms with Gasteiger partial charge in [0.15, 0.2) is 0 Å². The summed E-state index contributed by atoms with van der Waals surface area (Å²) in [5.41, 5.74) is 1.53. The lowest BCUT2D eigenvalue weighted by atomic mass is 9.73. The molecule has 0 aromatic carbocycles. The van der Waals surface area contributed by atoms with Crippen LogP contribution in [-0.4, -0.2) is 55.3 Å². The Morgan fingerprint density at radius 3 is 3.14 bits per heavy atom. The second kappa shape index (κ2) is 6.34. The maximum absolute atomic E-state index is 12.7. The van der Waals surface area contributed by atoms with Gasteiger partial charge in [0.2, 0.25) is 0 Å². The average molecular weight is 304 g/mol. The van der Waals surface area contributed by atoms with Gasteiger partial charge < -0.3 is 14.4 Å². The lowest BCUT2D eigenvalue weighted by Crippen LogP contribution is -2.58. The molecule has 5 heteroatoms. The summed E-state index contributed by atoms with van der Waals surface area (Å²) in [4.78, 5) is 18.9. The van der Waals surface area contributed by atoms with Crippen molar-refractivity contribution in [3.8, 4) is 0 Å². The third-order valence-electron chi connectivity index (χ3n) is 4.87. The van der Waals surface area contributed by atoms with Gasteiger partial charge in [-0.2, -0.15) is 0 Å². The van der Waals surface area contributed by atoms with E-state index in [1.165, 1.54) is 0 Å². The van der Waals surface area contributed by atoms with E-state index < -0.39 is 0 Å². The van der Waals surface area contributed by atoms with Crippen LogP contribution in [0.3, 0.4) is 0 Å². The first-order valence-corrected chi connectivity index (χ1v) is 7.97. The molecule has 1 aromatic heterocycles. The van der Waals surface area contributed by atoms with Crippen LogP contribution in [0.15, 0.2) is 18.3 Å². The number of amides is 1. The highest BCUT2D eigenvalue weighted by molar-refractivity contribution is 5.94. The minimum Gasteiger partial charge on any atom is -0.384 e. The number of carbonyl (C=O) groups is 1.